The Balaban J connectivity index is 1.08. The average molecular weight is 785 g/mol. The van der Waals surface area contributed by atoms with Gasteiger partial charge in [-0.1, -0.05) is 145 Å². The van der Waals surface area contributed by atoms with Crippen LogP contribution in [0.4, 0.5) is 0 Å². The van der Waals surface area contributed by atoms with E-state index in [1.165, 1.54) is 49.7 Å². The molecule has 1 aliphatic rings. The van der Waals surface area contributed by atoms with Crippen molar-refractivity contribution in [3.8, 4) is 56.7 Å². The van der Waals surface area contributed by atoms with Crippen LogP contribution in [-0.2, 0) is 5.41 Å². The Kier molecular flexibility index (Phi) is 7.29. The van der Waals surface area contributed by atoms with Gasteiger partial charge < -0.3 is 9.13 Å². The van der Waals surface area contributed by atoms with Crippen molar-refractivity contribution in [3.63, 3.8) is 0 Å². The van der Waals surface area contributed by atoms with Gasteiger partial charge in [0.05, 0.1) is 16.6 Å². The maximum atomic E-state index is 5.01. The minimum absolute atomic E-state index is 0.116. The number of nitrogens with zero attached hydrogens (tertiary/aromatic N) is 5. The highest BCUT2D eigenvalue weighted by Crippen LogP contribution is 2.48. The quantitative estimate of drug-likeness (QED) is 0.175. The third kappa shape index (κ3) is 5.03. The van der Waals surface area contributed by atoms with Crippen LogP contribution in [0.5, 0.6) is 0 Å². The first-order chi connectivity index (χ1) is 27.4. The molecular formula is C50H34BrN5. The third-order valence-corrected chi connectivity index (χ3v) is 11.9. The number of benzene rings is 7. The minimum atomic E-state index is -0.116. The summed E-state index contributed by atoms with van der Waals surface area (Å²) in [5, 5.41) is 3.70. The number of fused-ring (bicyclic) bond motifs is 9. The lowest BCUT2D eigenvalue weighted by molar-refractivity contribution is 0.645. The molecule has 0 unspecified atom stereocenters. The van der Waals surface area contributed by atoms with Crippen LogP contribution >= 0.6 is 15.9 Å². The lowest BCUT2D eigenvalue weighted by Crippen LogP contribution is -2.14. The molecule has 56 heavy (non-hydrogen) atoms. The molecule has 0 N–H and O–H groups in total. The molecule has 0 aliphatic carbocycles. The Morgan fingerprint density at radius 3 is 1.75 bits per heavy atom. The van der Waals surface area contributed by atoms with E-state index < -0.39 is 0 Å². The van der Waals surface area contributed by atoms with E-state index in [9.17, 15) is 0 Å². The predicted octanol–water partition coefficient (Wildman–Crippen LogP) is 13.0. The molecule has 266 valence electrons. The van der Waals surface area contributed by atoms with E-state index in [0.717, 1.165) is 38.0 Å². The average Bonchev–Trinajstić information content (AvgIpc) is 3.87. The fourth-order valence-corrected chi connectivity index (χ4v) is 9.05. The van der Waals surface area contributed by atoms with Crippen LogP contribution < -0.4 is 0 Å². The number of hydrogen-bond acceptors (Lipinski definition) is 3. The van der Waals surface area contributed by atoms with Gasteiger partial charge in [-0.3, -0.25) is 0 Å². The smallest absolute Gasteiger partial charge is 0.164 e. The molecule has 0 bridgehead atoms. The van der Waals surface area contributed by atoms with E-state index in [0.29, 0.717) is 17.5 Å². The lowest BCUT2D eigenvalue weighted by Gasteiger charge is -2.18. The summed E-state index contributed by atoms with van der Waals surface area (Å²) in [7, 11) is 0. The van der Waals surface area contributed by atoms with Gasteiger partial charge in [-0.15, -0.1) is 0 Å². The SMILES string of the molecule is CC1(C)c2ccccc2-n2c1cc1c2ccc2c3cc(Br)ccc3n(-c3cccc(-c4cccc(-c5nc(-c6ccccc6)nc(-c6ccccc6)n5)c4)c3)c21. The first kappa shape index (κ1) is 32.8. The van der Waals surface area contributed by atoms with Gasteiger partial charge >= 0.3 is 0 Å². The van der Waals surface area contributed by atoms with Gasteiger partial charge in [0.25, 0.3) is 0 Å². The second-order valence-electron chi connectivity index (χ2n) is 15.1. The molecule has 11 rings (SSSR count). The second-order valence-corrected chi connectivity index (χ2v) is 16.0. The third-order valence-electron chi connectivity index (χ3n) is 11.4. The van der Waals surface area contributed by atoms with Crippen molar-refractivity contribution < 1.29 is 0 Å². The molecular weight excluding hydrogens is 750 g/mol. The molecule has 0 atom stereocenters. The molecule has 7 aromatic carbocycles. The highest BCUT2D eigenvalue weighted by atomic mass is 79.9. The molecule has 3 aromatic heterocycles. The van der Waals surface area contributed by atoms with Gasteiger partial charge in [-0.05, 0) is 71.3 Å². The first-order valence-electron chi connectivity index (χ1n) is 18.9. The van der Waals surface area contributed by atoms with Crippen LogP contribution in [0.3, 0.4) is 0 Å². The van der Waals surface area contributed by atoms with Crippen molar-refractivity contribution in [2.75, 3.05) is 0 Å². The largest absolute Gasteiger partial charge is 0.312 e. The lowest BCUT2D eigenvalue weighted by atomic mass is 9.83. The molecule has 0 saturated carbocycles. The summed E-state index contributed by atoms with van der Waals surface area (Å²) >= 11 is 3.78. The highest BCUT2D eigenvalue weighted by molar-refractivity contribution is 9.10. The number of para-hydroxylation sites is 1. The molecule has 0 amide bonds. The molecule has 4 heterocycles. The van der Waals surface area contributed by atoms with Gasteiger partial charge in [-0.2, -0.15) is 0 Å². The summed E-state index contributed by atoms with van der Waals surface area (Å²) in [4.78, 5) is 14.9. The molecule has 0 fully saturated rings. The summed E-state index contributed by atoms with van der Waals surface area (Å²) in [5.74, 6) is 1.93. The van der Waals surface area contributed by atoms with E-state index in [2.05, 4.69) is 148 Å². The Hall–Kier alpha value is -6.63. The van der Waals surface area contributed by atoms with Crippen LogP contribution in [0.15, 0.2) is 174 Å². The van der Waals surface area contributed by atoms with Crippen LogP contribution in [0.25, 0.3) is 89.4 Å². The molecule has 0 saturated heterocycles. The van der Waals surface area contributed by atoms with E-state index in [-0.39, 0.29) is 5.41 Å². The number of aromatic nitrogens is 5. The molecule has 10 aromatic rings. The van der Waals surface area contributed by atoms with Gasteiger partial charge in [0.15, 0.2) is 17.5 Å². The van der Waals surface area contributed by atoms with Crippen molar-refractivity contribution >= 4 is 48.6 Å². The Bertz CT molecular complexity index is 3120. The highest BCUT2D eigenvalue weighted by Gasteiger charge is 2.37. The zero-order valence-electron chi connectivity index (χ0n) is 30.8. The number of hydrogen-bond donors (Lipinski definition) is 0. The first-order valence-corrected chi connectivity index (χ1v) is 19.7. The van der Waals surface area contributed by atoms with E-state index in [1.807, 2.05) is 60.7 Å². The number of rotatable bonds is 5. The van der Waals surface area contributed by atoms with Crippen molar-refractivity contribution in [1.29, 1.82) is 0 Å². The van der Waals surface area contributed by atoms with Crippen molar-refractivity contribution in [3.05, 3.63) is 186 Å². The zero-order chi connectivity index (χ0) is 37.5. The summed E-state index contributed by atoms with van der Waals surface area (Å²) in [6, 6.07) is 60.1. The summed E-state index contributed by atoms with van der Waals surface area (Å²) in [5.41, 5.74) is 13.6. The van der Waals surface area contributed by atoms with Crippen LogP contribution in [0.2, 0.25) is 0 Å². The van der Waals surface area contributed by atoms with E-state index in [1.54, 1.807) is 0 Å². The summed E-state index contributed by atoms with van der Waals surface area (Å²) in [6.07, 6.45) is 0. The zero-order valence-corrected chi connectivity index (χ0v) is 32.4. The Morgan fingerprint density at radius 2 is 1.02 bits per heavy atom. The molecule has 0 spiro atoms. The van der Waals surface area contributed by atoms with E-state index >= 15 is 0 Å². The standard InChI is InChI=1S/C50H34BrN5/c1-50(2)41-21-9-10-22-44(41)56-43-26-24-38-39-29-36(51)23-25-42(39)55(46(38)40(43)30-45(50)56)37-20-12-18-34(28-37)33-17-11-19-35(27-33)49-53-47(31-13-5-3-6-14-31)52-48(54-49)32-15-7-4-8-16-32/h3-30H,1-2H3. The summed E-state index contributed by atoms with van der Waals surface area (Å²) in [6.45, 7) is 4.68. The number of halogens is 1. The van der Waals surface area contributed by atoms with Gasteiger partial charge in [0.1, 0.15) is 0 Å². The summed E-state index contributed by atoms with van der Waals surface area (Å²) < 4.78 is 5.98. The molecule has 5 nitrogen and oxygen atoms in total. The van der Waals surface area contributed by atoms with Crippen molar-refractivity contribution in [2.24, 2.45) is 0 Å². The van der Waals surface area contributed by atoms with Gasteiger partial charge in [0, 0.05) is 59.8 Å². The van der Waals surface area contributed by atoms with E-state index in [4.69, 9.17) is 15.0 Å². The van der Waals surface area contributed by atoms with Crippen LogP contribution in [0.1, 0.15) is 25.1 Å². The predicted molar refractivity (Wildman–Crippen MR) is 233 cm³/mol. The van der Waals surface area contributed by atoms with Crippen molar-refractivity contribution in [1.82, 2.24) is 24.1 Å². The maximum Gasteiger partial charge on any atom is 0.164 e. The minimum Gasteiger partial charge on any atom is -0.312 e. The second kappa shape index (κ2) is 12.4. The molecule has 0 radical (unpaired) electrons. The van der Waals surface area contributed by atoms with Crippen LogP contribution in [-0.4, -0.2) is 24.1 Å². The molecule has 1 aliphatic heterocycles. The normalized spacial score (nSPS) is 13.1. The Morgan fingerprint density at radius 1 is 0.446 bits per heavy atom. The topological polar surface area (TPSA) is 48.5 Å². The fraction of sp³-hybridized carbons (Fsp3) is 0.0600. The molecule has 6 heteroatoms. The monoisotopic (exact) mass is 783 g/mol. The van der Waals surface area contributed by atoms with Crippen molar-refractivity contribution in [2.45, 2.75) is 19.3 Å². The Labute approximate surface area is 332 Å². The van der Waals surface area contributed by atoms with Crippen LogP contribution in [0, 0.1) is 0 Å². The van der Waals surface area contributed by atoms with Gasteiger partial charge in [0.2, 0.25) is 0 Å². The maximum absolute atomic E-state index is 5.01. The van der Waals surface area contributed by atoms with Gasteiger partial charge in [-0.25, -0.2) is 15.0 Å². The fourth-order valence-electron chi connectivity index (χ4n) is 8.69.